The fourth-order valence-electron chi connectivity index (χ4n) is 6.00. The monoisotopic (exact) mass is 754 g/mol. The maximum atomic E-state index is 12.4. The number of carbonyl (C=O) groups is 2. The molecule has 4 rings (SSSR count). The van der Waals surface area contributed by atoms with Crippen molar-refractivity contribution >= 4 is 23.0 Å². The highest BCUT2D eigenvalue weighted by atomic mass is 32.2. The highest BCUT2D eigenvalue weighted by molar-refractivity contribution is 7.80. The predicted octanol–water partition coefficient (Wildman–Crippen LogP) is -5.91. The molecule has 0 aromatic carbocycles. The van der Waals surface area contributed by atoms with Gasteiger partial charge in [-0.3, -0.25) is 4.79 Å². The van der Waals surface area contributed by atoms with Crippen molar-refractivity contribution in [1.29, 1.82) is 0 Å². The Morgan fingerprint density at radius 1 is 0.600 bits per heavy atom. The molecule has 0 bridgehead atoms. The number of hydrogen-bond acceptors (Lipinski definition) is 22. The summed E-state index contributed by atoms with van der Waals surface area (Å²) in [7, 11) is 0. The molecule has 0 saturated carbocycles. The molecule has 4 fully saturated rings. The van der Waals surface area contributed by atoms with Gasteiger partial charge in [0.2, 0.25) is 0 Å². The number of aliphatic carboxylic acids is 1. The van der Waals surface area contributed by atoms with Crippen LogP contribution in [-0.4, -0.2) is 189 Å². The Hall–Kier alpha value is -1.63. The van der Waals surface area contributed by atoms with E-state index in [1.165, 1.54) is 20.8 Å². The van der Waals surface area contributed by atoms with Gasteiger partial charge in [-0.15, -0.1) is 4.33 Å². The maximum absolute atomic E-state index is 12.4. The number of rotatable bonds is 11. The first-order valence-corrected chi connectivity index (χ1v) is 16.3. The average Bonchev–Trinajstić information content (AvgIpc) is 3.03. The molecule has 290 valence electrons. The molecule has 23 nitrogen and oxygen atoms in total. The molecule has 4 aliphatic heterocycles. The summed E-state index contributed by atoms with van der Waals surface area (Å²) in [5, 5.41) is 105. The van der Waals surface area contributed by atoms with E-state index < -0.39 is 145 Å². The van der Waals surface area contributed by atoms with Crippen LogP contribution in [0.2, 0.25) is 0 Å². The number of carboxylic acid groups (broad SMARTS) is 1. The van der Waals surface area contributed by atoms with Crippen LogP contribution in [0.15, 0.2) is 0 Å². The highest BCUT2D eigenvalue weighted by Gasteiger charge is 2.57. The minimum atomic E-state index is -2.59. The van der Waals surface area contributed by atoms with Crippen LogP contribution >= 0.6 is 0 Å². The normalized spacial score (nSPS) is 49.2. The summed E-state index contributed by atoms with van der Waals surface area (Å²) < 4.78 is 61.5. The number of aliphatic hydroxyl groups is 8. The highest BCUT2D eigenvalue weighted by Crippen LogP contribution is 2.37. The topological polar surface area (TPSA) is 346 Å². The summed E-state index contributed by atoms with van der Waals surface area (Å²) in [5.74, 6) is -2.69. The fraction of sp³-hybridized carbons (Fsp3) is 0.923. The lowest BCUT2D eigenvalue weighted by atomic mass is 9.95. The molecule has 0 aromatic heterocycles. The van der Waals surface area contributed by atoms with E-state index in [1.807, 2.05) is 0 Å². The van der Waals surface area contributed by atoms with Gasteiger partial charge in [0.25, 0.3) is 0 Å². The van der Waals surface area contributed by atoms with E-state index in [9.17, 15) is 59.8 Å². The Balaban J connectivity index is 1.75. The summed E-state index contributed by atoms with van der Waals surface area (Å²) >= 11 is -2.59. The molecule has 10 N–H and O–H groups in total. The van der Waals surface area contributed by atoms with Crippen molar-refractivity contribution in [3.63, 3.8) is 0 Å². The van der Waals surface area contributed by atoms with Gasteiger partial charge in [0, 0.05) is 6.92 Å². The lowest BCUT2D eigenvalue weighted by Crippen LogP contribution is -2.68. The van der Waals surface area contributed by atoms with Gasteiger partial charge >= 0.3 is 11.9 Å². The quantitative estimate of drug-likeness (QED) is 0.0533. The molecular weight excluding hydrogens is 712 g/mol. The second-order valence-corrected chi connectivity index (χ2v) is 13.3. The van der Waals surface area contributed by atoms with Gasteiger partial charge in [-0.05, 0) is 20.8 Å². The largest absolute Gasteiger partial charge is 0.479 e. The first kappa shape index (κ1) is 41.1. The minimum absolute atomic E-state index is 0.919. The zero-order valence-electron chi connectivity index (χ0n) is 26.7. The minimum Gasteiger partial charge on any atom is -0.479 e. The molecule has 24 heteroatoms. The zero-order valence-corrected chi connectivity index (χ0v) is 27.6. The summed E-state index contributed by atoms with van der Waals surface area (Å²) in [4.78, 5) is 24.0. The molecule has 0 aliphatic carbocycles. The fourth-order valence-corrected chi connectivity index (χ4v) is 6.92. The first-order chi connectivity index (χ1) is 23.4. The zero-order chi connectivity index (χ0) is 37.4. The Kier molecular flexibility index (Phi) is 14.0. The molecule has 4 heterocycles. The smallest absolute Gasteiger partial charge is 0.335 e. The van der Waals surface area contributed by atoms with E-state index >= 15 is 0 Å². The maximum Gasteiger partial charge on any atom is 0.335 e. The Bertz CT molecular complexity index is 1170. The lowest BCUT2D eigenvalue weighted by Gasteiger charge is -2.50. The van der Waals surface area contributed by atoms with E-state index in [0.717, 1.165) is 6.92 Å². The average molecular weight is 755 g/mol. The van der Waals surface area contributed by atoms with Crippen LogP contribution in [0.25, 0.3) is 0 Å². The number of ether oxygens (including phenoxy) is 8. The third kappa shape index (κ3) is 8.60. The second-order valence-electron chi connectivity index (χ2n) is 12.1. The number of carbonyl (C=O) groups excluding carboxylic acids is 1. The van der Waals surface area contributed by atoms with Crippen molar-refractivity contribution in [2.75, 3.05) is 0 Å². The molecular formula is C26H42O23S. The Morgan fingerprint density at radius 3 is 1.76 bits per heavy atom. The number of esters is 1. The third-order valence-corrected chi connectivity index (χ3v) is 9.91. The molecule has 0 aromatic rings. The van der Waals surface area contributed by atoms with Crippen molar-refractivity contribution in [3.05, 3.63) is 0 Å². The van der Waals surface area contributed by atoms with Crippen LogP contribution in [-0.2, 0) is 67.9 Å². The van der Waals surface area contributed by atoms with Gasteiger partial charge in [0.05, 0.1) is 18.3 Å². The number of aliphatic hydroxyl groups excluding tert-OH is 8. The molecule has 50 heavy (non-hydrogen) atoms. The summed E-state index contributed by atoms with van der Waals surface area (Å²) in [6, 6.07) is 0. The first-order valence-electron chi connectivity index (χ1n) is 15.2. The van der Waals surface area contributed by atoms with Crippen LogP contribution in [0.1, 0.15) is 27.7 Å². The van der Waals surface area contributed by atoms with Crippen molar-refractivity contribution in [1.82, 2.24) is 0 Å². The van der Waals surface area contributed by atoms with Crippen molar-refractivity contribution in [2.24, 2.45) is 0 Å². The molecule has 4 aliphatic rings. The van der Waals surface area contributed by atoms with E-state index in [4.69, 9.17) is 43.2 Å². The van der Waals surface area contributed by atoms with Crippen molar-refractivity contribution < 1.29 is 112 Å². The SMILES string of the molecule is CC(=O)O[C@H]1C(C)O[C@@H](O[C@@H]2C(O)C(O)OC(C)[C@@H]2O)C(O[C@@H]2OC(C(=O)O)[C@H](O)[C@H](O)C2O)[C@H]1O[C@@H]1OC(C)[C@H](S(=O)OOO)[C@H](O)C1O. The molecule has 0 amide bonds. The van der Waals surface area contributed by atoms with Crippen molar-refractivity contribution in [3.8, 4) is 0 Å². The van der Waals surface area contributed by atoms with Gasteiger partial charge in [-0.2, -0.15) is 0 Å². The van der Waals surface area contributed by atoms with E-state index in [2.05, 4.69) is 9.37 Å². The van der Waals surface area contributed by atoms with Gasteiger partial charge in [-0.25, -0.2) is 14.3 Å². The van der Waals surface area contributed by atoms with E-state index in [-0.39, 0.29) is 0 Å². The standard InChI is InChI=1S/C26H42O23S/c1-5-9(28)17(15(34)23(37)40-5)44-26-20(47-25-13(32)10(29)11(30)18(45-25)22(35)36)19(16(6(2)41-26)43-8(4)27)46-24-14(33)12(31)21(7(3)42-24)50(39)49-48-38/h5-7,9-21,23-26,28-34,37-38H,1-4H3,(H,35,36)/t5?,6?,7?,9-,10-,11+,12+,13?,14?,15?,16-,17-,18?,19-,20?,21-,23?,24-,25-,26-,50?/m0/s1. The van der Waals surface area contributed by atoms with Gasteiger partial charge in [0.1, 0.15) is 66.3 Å². The summed E-state index contributed by atoms with van der Waals surface area (Å²) in [6.07, 6.45) is -34.7. The summed E-state index contributed by atoms with van der Waals surface area (Å²) in [6.45, 7) is 4.97. The van der Waals surface area contributed by atoms with Crippen LogP contribution in [0.4, 0.5) is 0 Å². The predicted molar refractivity (Wildman–Crippen MR) is 150 cm³/mol. The Labute approximate surface area is 285 Å². The molecule has 10 unspecified atom stereocenters. The van der Waals surface area contributed by atoms with Crippen LogP contribution in [0.3, 0.4) is 0 Å². The van der Waals surface area contributed by atoms with Crippen LogP contribution < -0.4 is 0 Å². The third-order valence-electron chi connectivity index (χ3n) is 8.61. The van der Waals surface area contributed by atoms with Crippen molar-refractivity contribution in [2.45, 2.75) is 150 Å². The molecule has 4 saturated heterocycles. The lowest BCUT2D eigenvalue weighted by molar-refractivity contribution is -0.435. The molecule has 21 atom stereocenters. The van der Waals surface area contributed by atoms with Crippen LogP contribution in [0.5, 0.6) is 0 Å². The van der Waals surface area contributed by atoms with E-state index in [0.29, 0.717) is 0 Å². The molecule has 0 radical (unpaired) electrons. The Morgan fingerprint density at radius 2 is 1.16 bits per heavy atom. The van der Waals surface area contributed by atoms with E-state index in [1.54, 1.807) is 0 Å². The summed E-state index contributed by atoms with van der Waals surface area (Å²) in [5.41, 5.74) is 0. The second kappa shape index (κ2) is 17.0. The molecule has 0 spiro atoms. The number of carboxylic acids is 1. The number of hydrogen-bond donors (Lipinski definition) is 10. The van der Waals surface area contributed by atoms with Gasteiger partial charge < -0.3 is 83.9 Å². The van der Waals surface area contributed by atoms with Gasteiger partial charge in [0.15, 0.2) is 48.4 Å². The van der Waals surface area contributed by atoms with Crippen LogP contribution in [0, 0.1) is 0 Å². The van der Waals surface area contributed by atoms with Gasteiger partial charge in [-0.1, -0.05) is 5.04 Å².